The molecule has 1 heterocycles. The molecule has 9 heteroatoms. The van der Waals surface area contributed by atoms with Crippen LogP contribution in [0.15, 0.2) is 77.7 Å². The molecule has 0 N–H and O–H groups in total. The highest BCUT2D eigenvalue weighted by atomic mass is 35.5. The van der Waals surface area contributed by atoms with Crippen molar-refractivity contribution in [2.24, 2.45) is 0 Å². The van der Waals surface area contributed by atoms with E-state index in [1.54, 1.807) is 66.4 Å². The summed E-state index contributed by atoms with van der Waals surface area (Å²) in [6, 6.07) is 19.5. The molecule has 1 fully saturated rings. The number of para-hydroxylation sites is 1. The van der Waals surface area contributed by atoms with Gasteiger partial charge in [-0.05, 0) is 55.0 Å². The van der Waals surface area contributed by atoms with E-state index in [2.05, 4.69) is 0 Å². The summed E-state index contributed by atoms with van der Waals surface area (Å²) >= 11 is 6.08. The SMILES string of the molecule is Cc1cc(Cl)ccc1N(CC(=O)N1CCN(c2ccccc2F)CC1)S(=O)(=O)c1ccccc1. The third-order valence-electron chi connectivity index (χ3n) is 5.86. The topological polar surface area (TPSA) is 60.9 Å². The third-order valence-corrected chi connectivity index (χ3v) is 7.87. The maximum Gasteiger partial charge on any atom is 0.264 e. The molecule has 0 aromatic heterocycles. The molecule has 1 aliphatic rings. The van der Waals surface area contributed by atoms with Crippen LogP contribution >= 0.6 is 11.6 Å². The van der Waals surface area contributed by atoms with Gasteiger partial charge in [0.2, 0.25) is 5.91 Å². The van der Waals surface area contributed by atoms with Gasteiger partial charge in [-0.1, -0.05) is 41.9 Å². The minimum absolute atomic E-state index is 0.0986. The third kappa shape index (κ3) is 5.03. The van der Waals surface area contributed by atoms with E-state index >= 15 is 0 Å². The first-order valence-corrected chi connectivity index (χ1v) is 12.7. The highest BCUT2D eigenvalue weighted by molar-refractivity contribution is 7.92. The average Bonchev–Trinajstić information content (AvgIpc) is 2.84. The highest BCUT2D eigenvalue weighted by Crippen LogP contribution is 2.29. The zero-order valence-electron chi connectivity index (χ0n) is 18.7. The predicted molar refractivity (Wildman–Crippen MR) is 132 cm³/mol. The van der Waals surface area contributed by atoms with Crippen molar-refractivity contribution in [3.05, 3.63) is 89.2 Å². The minimum Gasteiger partial charge on any atom is -0.366 e. The zero-order valence-corrected chi connectivity index (χ0v) is 20.3. The van der Waals surface area contributed by atoms with E-state index in [0.29, 0.717) is 48.1 Å². The second-order valence-corrected chi connectivity index (χ2v) is 10.4. The molecule has 1 amide bonds. The van der Waals surface area contributed by atoms with E-state index in [9.17, 15) is 17.6 Å². The van der Waals surface area contributed by atoms with Gasteiger partial charge < -0.3 is 9.80 Å². The lowest BCUT2D eigenvalue weighted by atomic mass is 10.2. The van der Waals surface area contributed by atoms with Crippen LogP contribution in [-0.2, 0) is 14.8 Å². The van der Waals surface area contributed by atoms with Crippen LogP contribution in [-0.4, -0.2) is 51.9 Å². The summed E-state index contributed by atoms with van der Waals surface area (Å²) in [5.74, 6) is -0.623. The standard InChI is InChI=1S/C25H25ClFN3O3S/c1-19-17-20(26)11-12-23(19)30(34(32,33)21-7-3-2-4-8-21)18-25(31)29-15-13-28(14-16-29)24-10-6-5-9-22(24)27/h2-12,17H,13-16,18H2,1H3. The Kier molecular flexibility index (Phi) is 7.09. The number of hydrogen-bond acceptors (Lipinski definition) is 4. The predicted octanol–water partition coefficient (Wildman–Crippen LogP) is 4.33. The number of sulfonamides is 1. The lowest BCUT2D eigenvalue weighted by molar-refractivity contribution is -0.129. The fourth-order valence-corrected chi connectivity index (χ4v) is 5.77. The Hall–Kier alpha value is -3.10. The Morgan fingerprint density at radius 1 is 0.971 bits per heavy atom. The van der Waals surface area contributed by atoms with Crippen LogP contribution < -0.4 is 9.21 Å². The summed E-state index contributed by atoms with van der Waals surface area (Å²) in [6.07, 6.45) is 0. The van der Waals surface area contributed by atoms with Crippen LogP contribution in [0.1, 0.15) is 5.56 Å². The van der Waals surface area contributed by atoms with E-state index in [4.69, 9.17) is 11.6 Å². The van der Waals surface area contributed by atoms with Crippen molar-refractivity contribution in [1.29, 1.82) is 0 Å². The second kappa shape index (κ2) is 10.0. The molecule has 0 unspecified atom stereocenters. The molecule has 0 spiro atoms. The van der Waals surface area contributed by atoms with Crippen LogP contribution in [0, 0.1) is 12.7 Å². The van der Waals surface area contributed by atoms with Crippen LogP contribution in [0.5, 0.6) is 0 Å². The van der Waals surface area contributed by atoms with Gasteiger partial charge in [0, 0.05) is 31.2 Å². The summed E-state index contributed by atoms with van der Waals surface area (Å²) in [7, 11) is -4.00. The highest BCUT2D eigenvalue weighted by Gasteiger charge is 2.31. The van der Waals surface area contributed by atoms with Gasteiger partial charge in [-0.25, -0.2) is 12.8 Å². The zero-order chi connectivity index (χ0) is 24.3. The van der Waals surface area contributed by atoms with Gasteiger partial charge in [0.15, 0.2) is 0 Å². The molecular formula is C25H25ClFN3O3S. The fraction of sp³-hybridized carbons (Fsp3) is 0.240. The van der Waals surface area contributed by atoms with Gasteiger partial charge >= 0.3 is 0 Å². The summed E-state index contributed by atoms with van der Waals surface area (Å²) in [4.78, 5) is 16.9. The van der Waals surface area contributed by atoms with Gasteiger partial charge in [-0.3, -0.25) is 9.10 Å². The fourth-order valence-electron chi connectivity index (χ4n) is 4.05. The van der Waals surface area contributed by atoms with Crippen molar-refractivity contribution in [2.75, 3.05) is 41.9 Å². The number of carbonyl (C=O) groups excluding carboxylic acids is 1. The number of aryl methyl sites for hydroxylation is 1. The van der Waals surface area contributed by atoms with Gasteiger partial charge in [0.25, 0.3) is 10.0 Å². The Morgan fingerprint density at radius 3 is 2.26 bits per heavy atom. The van der Waals surface area contributed by atoms with Gasteiger partial charge in [0.1, 0.15) is 12.4 Å². The van der Waals surface area contributed by atoms with Crippen LogP contribution in [0.3, 0.4) is 0 Å². The summed E-state index contributed by atoms with van der Waals surface area (Å²) in [5, 5.41) is 0.480. The van der Waals surface area contributed by atoms with Crippen LogP contribution in [0.25, 0.3) is 0 Å². The van der Waals surface area contributed by atoms with Crippen molar-refractivity contribution in [3.8, 4) is 0 Å². The Labute approximate surface area is 204 Å². The molecule has 0 saturated carbocycles. The first kappa shape index (κ1) is 24.0. The van der Waals surface area contributed by atoms with E-state index in [1.165, 1.54) is 18.2 Å². The number of carbonyl (C=O) groups is 1. The van der Waals surface area contributed by atoms with E-state index in [-0.39, 0.29) is 23.2 Å². The molecule has 0 radical (unpaired) electrons. The first-order valence-electron chi connectivity index (χ1n) is 10.9. The first-order chi connectivity index (χ1) is 16.3. The average molecular weight is 502 g/mol. The molecule has 1 saturated heterocycles. The molecule has 3 aromatic rings. The normalized spacial score (nSPS) is 14.2. The van der Waals surface area contributed by atoms with E-state index < -0.39 is 10.0 Å². The number of piperazine rings is 1. The second-order valence-electron chi connectivity index (χ2n) is 8.07. The summed E-state index contributed by atoms with van der Waals surface area (Å²) in [5.41, 5.74) is 1.54. The van der Waals surface area contributed by atoms with Crippen molar-refractivity contribution in [2.45, 2.75) is 11.8 Å². The van der Waals surface area contributed by atoms with Crippen LogP contribution in [0.2, 0.25) is 5.02 Å². The molecule has 6 nitrogen and oxygen atoms in total. The summed E-state index contributed by atoms with van der Waals surface area (Å²) in [6.45, 7) is 3.06. The smallest absolute Gasteiger partial charge is 0.264 e. The number of rotatable bonds is 6. The molecule has 0 atom stereocenters. The number of amides is 1. The summed E-state index contributed by atoms with van der Waals surface area (Å²) < 4.78 is 42.4. The lowest BCUT2D eigenvalue weighted by Gasteiger charge is -2.37. The van der Waals surface area contributed by atoms with Gasteiger partial charge in [-0.15, -0.1) is 0 Å². The molecule has 178 valence electrons. The Bertz CT molecular complexity index is 1280. The minimum atomic E-state index is -4.00. The number of halogens is 2. The largest absolute Gasteiger partial charge is 0.366 e. The maximum absolute atomic E-state index is 14.1. The monoisotopic (exact) mass is 501 g/mol. The van der Waals surface area contributed by atoms with Crippen molar-refractivity contribution in [3.63, 3.8) is 0 Å². The molecule has 0 aliphatic carbocycles. The van der Waals surface area contributed by atoms with Crippen molar-refractivity contribution < 1.29 is 17.6 Å². The van der Waals surface area contributed by atoms with Crippen LogP contribution in [0.4, 0.5) is 15.8 Å². The molecule has 0 bridgehead atoms. The van der Waals surface area contributed by atoms with Gasteiger partial charge in [0.05, 0.1) is 16.3 Å². The molecule has 3 aromatic carbocycles. The molecule has 4 rings (SSSR count). The quantitative estimate of drug-likeness (QED) is 0.504. The molecule has 1 aliphatic heterocycles. The molecular weight excluding hydrogens is 477 g/mol. The number of anilines is 2. The number of nitrogens with zero attached hydrogens (tertiary/aromatic N) is 3. The molecule has 34 heavy (non-hydrogen) atoms. The number of benzene rings is 3. The number of hydrogen-bond donors (Lipinski definition) is 0. The van der Waals surface area contributed by atoms with Crippen molar-refractivity contribution in [1.82, 2.24) is 4.90 Å². The van der Waals surface area contributed by atoms with E-state index in [0.717, 1.165) is 4.31 Å². The maximum atomic E-state index is 14.1. The van der Waals surface area contributed by atoms with E-state index in [1.807, 2.05) is 4.90 Å². The Balaban J connectivity index is 1.56. The lowest BCUT2D eigenvalue weighted by Crippen LogP contribution is -2.52. The Morgan fingerprint density at radius 2 is 1.62 bits per heavy atom. The van der Waals surface area contributed by atoms with Crippen molar-refractivity contribution >= 4 is 38.9 Å². The van der Waals surface area contributed by atoms with Gasteiger partial charge in [-0.2, -0.15) is 0 Å².